The number of epoxide rings is 1. The summed E-state index contributed by atoms with van der Waals surface area (Å²) >= 11 is 6.53. The van der Waals surface area contributed by atoms with Crippen molar-refractivity contribution in [2.75, 3.05) is 29.5 Å². The van der Waals surface area contributed by atoms with Crippen LogP contribution in [0.1, 0.15) is 57.3 Å². The number of amides is 1. The Morgan fingerprint density at radius 1 is 1.24 bits per heavy atom. The molecule has 5 atom stereocenters. The van der Waals surface area contributed by atoms with Gasteiger partial charge in [-0.2, -0.15) is 0 Å². The van der Waals surface area contributed by atoms with Crippen LogP contribution < -0.4 is 15.5 Å². The van der Waals surface area contributed by atoms with Gasteiger partial charge in [0.1, 0.15) is 22.2 Å². The van der Waals surface area contributed by atoms with Crippen LogP contribution in [0.4, 0.5) is 5.69 Å². The van der Waals surface area contributed by atoms with Gasteiger partial charge in [-0.05, 0) is 69.2 Å². The van der Waals surface area contributed by atoms with Crippen molar-refractivity contribution >= 4 is 33.0 Å². The van der Waals surface area contributed by atoms with Crippen molar-refractivity contribution in [2.45, 2.75) is 71.4 Å². The molecule has 1 amide bonds. The van der Waals surface area contributed by atoms with Crippen molar-refractivity contribution in [1.82, 2.24) is 10.6 Å². The second kappa shape index (κ2) is 9.72. The fourth-order valence-corrected chi connectivity index (χ4v) is 7.21. The molecule has 3 heterocycles. The van der Waals surface area contributed by atoms with Crippen molar-refractivity contribution in [2.24, 2.45) is 11.8 Å². The van der Waals surface area contributed by atoms with Crippen molar-refractivity contribution in [3.63, 3.8) is 0 Å². The number of halogens is 1. The number of rotatable bonds is 7. The minimum atomic E-state index is -2.91. The Bertz CT molecular complexity index is 988. The average molecular weight is 498 g/mol. The first-order valence-electron chi connectivity index (χ1n) is 12.1. The molecule has 33 heavy (non-hydrogen) atoms. The number of nitrogens with one attached hydrogen (secondary N) is 2. The van der Waals surface area contributed by atoms with Gasteiger partial charge in [0.15, 0.2) is 0 Å². The molecule has 3 saturated heterocycles. The number of nitrogens with zero attached hydrogens (tertiary/aromatic N) is 1. The van der Waals surface area contributed by atoms with E-state index in [0.29, 0.717) is 30.3 Å². The number of hydrogen-bond donors (Lipinski definition) is 2. The molecule has 0 aromatic heterocycles. The fourth-order valence-electron chi connectivity index (χ4n) is 5.52. The van der Waals surface area contributed by atoms with E-state index in [9.17, 15) is 13.2 Å². The third kappa shape index (κ3) is 5.50. The summed E-state index contributed by atoms with van der Waals surface area (Å²) < 4.78 is 29.8. The normalized spacial score (nSPS) is 31.8. The molecule has 0 saturated carbocycles. The predicted octanol–water partition coefficient (Wildman–Crippen LogP) is 3.20. The smallest absolute Gasteiger partial charge is 0.224 e. The van der Waals surface area contributed by atoms with E-state index in [1.54, 1.807) is 0 Å². The first kappa shape index (κ1) is 24.8. The Morgan fingerprint density at radius 2 is 1.94 bits per heavy atom. The molecule has 5 unspecified atom stereocenters. The summed E-state index contributed by atoms with van der Waals surface area (Å²) in [5.41, 5.74) is 3.21. The number of piperidine rings is 1. The average Bonchev–Trinajstić information content (AvgIpc) is 3.50. The highest BCUT2D eigenvalue weighted by Gasteiger charge is 2.43. The molecule has 9 heteroatoms. The highest BCUT2D eigenvalue weighted by Crippen LogP contribution is 2.43. The maximum absolute atomic E-state index is 12.4. The van der Waals surface area contributed by atoms with Gasteiger partial charge in [0.05, 0.1) is 17.4 Å². The van der Waals surface area contributed by atoms with Crippen LogP contribution >= 0.6 is 11.6 Å². The number of carbonyl (C=O) groups excluding carboxylic acids is 1. The first-order chi connectivity index (χ1) is 15.6. The zero-order valence-electron chi connectivity index (χ0n) is 19.9. The molecule has 184 valence electrons. The molecule has 1 aromatic rings. The highest BCUT2D eigenvalue weighted by molar-refractivity contribution is 7.91. The third-order valence-electron chi connectivity index (χ3n) is 7.47. The standard InChI is InChI=1S/C24H36ClN3O4S/c1-5-28(18-6-8-33(30,31)9-7-18)21-12-17(25)11-19(16(21)4)22-24(32-22)26-13-20-14(2)10-15(3)27-23(20)29/h11-12,14-15,18,20,22,24,26H,5-10,13H2,1-4H3,(H,27,29). The van der Waals surface area contributed by atoms with Crippen LogP contribution in [0.2, 0.25) is 5.02 Å². The van der Waals surface area contributed by atoms with Crippen LogP contribution in [0.3, 0.4) is 0 Å². The second-order valence-corrected chi connectivity index (χ2v) is 12.7. The van der Waals surface area contributed by atoms with Crippen LogP contribution in [-0.4, -0.2) is 57.2 Å². The summed E-state index contributed by atoms with van der Waals surface area (Å²) in [6.07, 6.45) is 2.03. The van der Waals surface area contributed by atoms with E-state index in [0.717, 1.165) is 29.8 Å². The number of benzene rings is 1. The molecule has 3 fully saturated rings. The molecular formula is C24H36ClN3O4S. The summed E-state index contributed by atoms with van der Waals surface area (Å²) in [4.78, 5) is 14.7. The molecule has 1 aromatic carbocycles. The van der Waals surface area contributed by atoms with Gasteiger partial charge in [-0.1, -0.05) is 18.5 Å². The van der Waals surface area contributed by atoms with Gasteiger partial charge in [0.25, 0.3) is 0 Å². The van der Waals surface area contributed by atoms with Gasteiger partial charge in [-0.25, -0.2) is 8.42 Å². The number of sulfone groups is 1. The van der Waals surface area contributed by atoms with Crippen molar-refractivity contribution in [1.29, 1.82) is 0 Å². The lowest BCUT2D eigenvalue weighted by Crippen LogP contribution is -2.50. The minimum Gasteiger partial charge on any atom is -0.368 e. The van der Waals surface area contributed by atoms with Crippen molar-refractivity contribution in [3.05, 3.63) is 28.3 Å². The highest BCUT2D eigenvalue weighted by atomic mass is 35.5. The molecular weight excluding hydrogens is 462 g/mol. The summed E-state index contributed by atoms with van der Waals surface area (Å²) in [6, 6.07) is 4.36. The fraction of sp³-hybridized carbons (Fsp3) is 0.708. The Hall–Kier alpha value is -1.35. The first-order valence-corrected chi connectivity index (χ1v) is 14.3. The number of hydrogen-bond acceptors (Lipinski definition) is 6. The van der Waals surface area contributed by atoms with Gasteiger partial charge >= 0.3 is 0 Å². The van der Waals surface area contributed by atoms with Crippen LogP contribution in [0.15, 0.2) is 12.1 Å². The zero-order chi connectivity index (χ0) is 23.9. The summed E-state index contributed by atoms with van der Waals surface area (Å²) in [5, 5.41) is 7.12. The van der Waals surface area contributed by atoms with E-state index < -0.39 is 9.84 Å². The number of carbonyl (C=O) groups is 1. The molecule has 0 spiro atoms. The van der Waals surface area contributed by atoms with Crippen LogP contribution in [0.5, 0.6) is 0 Å². The van der Waals surface area contributed by atoms with E-state index in [1.807, 2.05) is 19.1 Å². The van der Waals surface area contributed by atoms with E-state index in [4.69, 9.17) is 16.3 Å². The second-order valence-electron chi connectivity index (χ2n) is 9.92. The van der Waals surface area contributed by atoms with E-state index >= 15 is 0 Å². The Balaban J connectivity index is 1.45. The lowest BCUT2D eigenvalue weighted by Gasteiger charge is -2.36. The summed E-state index contributed by atoms with van der Waals surface area (Å²) in [6.45, 7) is 9.73. The number of anilines is 1. The predicted molar refractivity (Wildman–Crippen MR) is 131 cm³/mol. The molecule has 7 nitrogen and oxygen atoms in total. The van der Waals surface area contributed by atoms with Crippen LogP contribution in [-0.2, 0) is 19.4 Å². The van der Waals surface area contributed by atoms with E-state index in [-0.39, 0.29) is 47.7 Å². The van der Waals surface area contributed by atoms with Crippen LogP contribution in [0.25, 0.3) is 0 Å². The lowest BCUT2D eigenvalue weighted by atomic mass is 9.84. The zero-order valence-corrected chi connectivity index (χ0v) is 21.5. The Morgan fingerprint density at radius 3 is 2.58 bits per heavy atom. The van der Waals surface area contributed by atoms with E-state index in [1.165, 1.54) is 0 Å². The SMILES string of the molecule is CCN(c1cc(Cl)cc(C2OC2NCC2C(=O)NC(C)CC2C)c1C)C1CCS(=O)(=O)CC1. The maximum Gasteiger partial charge on any atom is 0.224 e. The Labute approximate surface area is 202 Å². The number of ether oxygens (including phenoxy) is 1. The quantitative estimate of drug-likeness (QED) is 0.562. The van der Waals surface area contributed by atoms with Crippen molar-refractivity contribution < 1.29 is 17.9 Å². The largest absolute Gasteiger partial charge is 0.368 e. The molecule has 2 N–H and O–H groups in total. The van der Waals surface area contributed by atoms with Gasteiger partial charge in [-0.3, -0.25) is 10.1 Å². The third-order valence-corrected chi connectivity index (χ3v) is 9.41. The van der Waals surface area contributed by atoms with Gasteiger partial charge in [0.2, 0.25) is 5.91 Å². The van der Waals surface area contributed by atoms with Gasteiger partial charge < -0.3 is 15.0 Å². The molecule has 3 aliphatic rings. The van der Waals surface area contributed by atoms with Gasteiger partial charge in [0, 0.05) is 35.9 Å². The van der Waals surface area contributed by atoms with Crippen LogP contribution in [0, 0.1) is 18.8 Å². The molecule has 3 aliphatic heterocycles. The Kier molecular flexibility index (Phi) is 7.29. The minimum absolute atomic E-state index is 0.0553. The topological polar surface area (TPSA) is 91.0 Å². The van der Waals surface area contributed by atoms with Gasteiger partial charge in [-0.15, -0.1) is 0 Å². The lowest BCUT2D eigenvalue weighted by molar-refractivity contribution is -0.129. The monoisotopic (exact) mass is 497 g/mol. The van der Waals surface area contributed by atoms with Crippen molar-refractivity contribution in [3.8, 4) is 0 Å². The molecule has 4 rings (SSSR count). The van der Waals surface area contributed by atoms with E-state index in [2.05, 4.69) is 36.3 Å². The summed E-state index contributed by atoms with van der Waals surface area (Å²) in [7, 11) is -2.91. The molecule has 0 bridgehead atoms. The maximum atomic E-state index is 12.4. The molecule has 0 aliphatic carbocycles. The molecule has 0 radical (unpaired) electrons. The summed E-state index contributed by atoms with van der Waals surface area (Å²) in [5.74, 6) is 0.866.